The number of amides is 1. The highest BCUT2D eigenvalue weighted by molar-refractivity contribution is 6.22. The van der Waals surface area contributed by atoms with Crippen molar-refractivity contribution in [2.45, 2.75) is 12.9 Å². The lowest BCUT2D eigenvalue weighted by molar-refractivity contribution is -0.137. The second-order valence-electron chi connectivity index (χ2n) is 5.64. The van der Waals surface area contributed by atoms with Crippen molar-refractivity contribution in [1.29, 1.82) is 0 Å². The number of benzene rings is 1. The molecule has 0 bridgehead atoms. The van der Waals surface area contributed by atoms with Crippen LogP contribution in [0.15, 0.2) is 43.0 Å². The molecular formula is C17H12F4N6O. The van der Waals surface area contributed by atoms with Crippen LogP contribution in [-0.4, -0.2) is 30.9 Å². The summed E-state index contributed by atoms with van der Waals surface area (Å²) in [7, 11) is 0. The van der Waals surface area contributed by atoms with Crippen molar-refractivity contribution in [3.63, 3.8) is 0 Å². The second kappa shape index (κ2) is 7.55. The van der Waals surface area contributed by atoms with Crippen molar-refractivity contribution >= 4 is 17.7 Å². The molecule has 2 heterocycles. The first kappa shape index (κ1) is 19.1. The molecule has 0 atom stereocenters. The van der Waals surface area contributed by atoms with E-state index in [0.717, 1.165) is 16.8 Å². The maximum Gasteiger partial charge on any atom is 0.416 e. The number of hydrogen-bond donors (Lipinski definition) is 1. The van der Waals surface area contributed by atoms with Crippen molar-refractivity contribution in [2.75, 3.05) is 0 Å². The molecule has 0 spiro atoms. The van der Waals surface area contributed by atoms with Gasteiger partial charge in [0.2, 0.25) is 0 Å². The Hall–Kier alpha value is -3.63. The Balaban J connectivity index is 2.01. The van der Waals surface area contributed by atoms with Gasteiger partial charge in [-0.25, -0.2) is 14.1 Å². The molecule has 0 aliphatic rings. The molecule has 0 aliphatic heterocycles. The molecule has 0 aliphatic carbocycles. The normalized spacial score (nSPS) is 12.2. The van der Waals surface area contributed by atoms with E-state index >= 15 is 0 Å². The Morgan fingerprint density at radius 2 is 2.00 bits per heavy atom. The first-order valence-corrected chi connectivity index (χ1v) is 7.75. The van der Waals surface area contributed by atoms with E-state index in [1.165, 1.54) is 37.1 Å². The number of carbonyl (C=O) groups excluding carboxylic acids is 1. The standard InChI is InChI=1S/C17H12F4N6O/c18-6-10-3-12(5-13(4-10)17(19,20)21)16-23-9-27(26-16)8-14(15(22)28)11-1-2-24-25-7-11/h1-5,7-9H,6H2,(H2,22,28)/b14-8-. The Kier molecular flexibility index (Phi) is 5.16. The van der Waals surface area contributed by atoms with Crippen molar-refractivity contribution in [1.82, 2.24) is 25.0 Å². The van der Waals surface area contributed by atoms with Crippen molar-refractivity contribution in [3.8, 4) is 11.4 Å². The summed E-state index contributed by atoms with van der Waals surface area (Å²) >= 11 is 0. The van der Waals surface area contributed by atoms with Crippen LogP contribution in [0.25, 0.3) is 23.2 Å². The van der Waals surface area contributed by atoms with E-state index in [4.69, 9.17) is 5.73 Å². The summed E-state index contributed by atoms with van der Waals surface area (Å²) in [5, 5.41) is 11.3. The Morgan fingerprint density at radius 3 is 2.61 bits per heavy atom. The monoisotopic (exact) mass is 392 g/mol. The molecule has 1 amide bonds. The van der Waals surface area contributed by atoms with E-state index < -0.39 is 24.3 Å². The largest absolute Gasteiger partial charge is 0.416 e. The van der Waals surface area contributed by atoms with Crippen LogP contribution < -0.4 is 5.73 Å². The highest BCUT2D eigenvalue weighted by atomic mass is 19.4. The van der Waals surface area contributed by atoms with Gasteiger partial charge in [-0.05, 0) is 29.8 Å². The highest BCUT2D eigenvalue weighted by Gasteiger charge is 2.31. The van der Waals surface area contributed by atoms with Crippen LogP contribution in [0, 0.1) is 0 Å². The van der Waals surface area contributed by atoms with E-state index in [-0.39, 0.29) is 22.5 Å². The average Bonchev–Trinajstić information content (AvgIpc) is 3.14. The van der Waals surface area contributed by atoms with Crippen molar-refractivity contribution < 1.29 is 22.4 Å². The van der Waals surface area contributed by atoms with Gasteiger partial charge in [0.1, 0.15) is 13.0 Å². The summed E-state index contributed by atoms with van der Waals surface area (Å²) in [4.78, 5) is 15.6. The predicted molar refractivity (Wildman–Crippen MR) is 90.7 cm³/mol. The first-order valence-electron chi connectivity index (χ1n) is 7.75. The molecule has 2 N–H and O–H groups in total. The Labute approximate surface area is 155 Å². The van der Waals surface area contributed by atoms with E-state index in [2.05, 4.69) is 20.3 Å². The minimum atomic E-state index is -4.64. The molecule has 7 nitrogen and oxygen atoms in total. The maximum absolute atomic E-state index is 13.0. The fraction of sp³-hybridized carbons (Fsp3) is 0.118. The third kappa shape index (κ3) is 4.19. The average molecular weight is 392 g/mol. The van der Waals surface area contributed by atoms with Crippen molar-refractivity contribution in [2.24, 2.45) is 5.73 Å². The minimum absolute atomic E-state index is 0.0131. The molecule has 1 aromatic carbocycles. The van der Waals surface area contributed by atoms with Crippen molar-refractivity contribution in [3.05, 3.63) is 59.7 Å². The van der Waals surface area contributed by atoms with Crippen LogP contribution in [0.1, 0.15) is 16.7 Å². The Bertz CT molecular complexity index is 1030. The molecule has 3 aromatic rings. The van der Waals surface area contributed by atoms with Crippen LogP contribution in [-0.2, 0) is 17.6 Å². The lowest BCUT2D eigenvalue weighted by atomic mass is 10.1. The lowest BCUT2D eigenvalue weighted by Gasteiger charge is -2.09. The van der Waals surface area contributed by atoms with Gasteiger partial charge >= 0.3 is 6.18 Å². The minimum Gasteiger partial charge on any atom is -0.366 e. The van der Waals surface area contributed by atoms with Crippen LogP contribution in [0.2, 0.25) is 0 Å². The number of nitrogens with two attached hydrogens (primary N) is 1. The number of nitrogens with zero attached hydrogens (tertiary/aromatic N) is 5. The number of hydrogen-bond acceptors (Lipinski definition) is 5. The number of alkyl halides is 4. The smallest absolute Gasteiger partial charge is 0.366 e. The molecule has 0 fully saturated rings. The van der Waals surface area contributed by atoms with Crippen LogP contribution in [0.4, 0.5) is 17.6 Å². The summed E-state index contributed by atoms with van der Waals surface area (Å²) in [5.41, 5.74) is 4.59. The zero-order chi connectivity index (χ0) is 20.3. The molecule has 11 heteroatoms. The van der Waals surface area contributed by atoms with Gasteiger partial charge in [-0.1, -0.05) is 0 Å². The number of carbonyl (C=O) groups is 1. The summed E-state index contributed by atoms with van der Waals surface area (Å²) in [6.07, 6.45) is 0.465. The molecule has 2 aromatic heterocycles. The zero-order valence-corrected chi connectivity index (χ0v) is 14.1. The number of primary amides is 1. The Morgan fingerprint density at radius 1 is 1.21 bits per heavy atom. The third-order valence-corrected chi connectivity index (χ3v) is 3.66. The molecule has 3 rings (SSSR count). The van der Waals surface area contributed by atoms with E-state index in [1.807, 2.05) is 0 Å². The first-order chi connectivity index (χ1) is 13.3. The second-order valence-corrected chi connectivity index (χ2v) is 5.64. The summed E-state index contributed by atoms with van der Waals surface area (Å²) < 4.78 is 53.1. The fourth-order valence-corrected chi connectivity index (χ4v) is 2.39. The van der Waals surface area contributed by atoms with Gasteiger partial charge < -0.3 is 5.73 Å². The molecular weight excluding hydrogens is 380 g/mol. The van der Waals surface area contributed by atoms with Gasteiger partial charge in [0, 0.05) is 17.3 Å². The lowest BCUT2D eigenvalue weighted by Crippen LogP contribution is -2.14. The zero-order valence-electron chi connectivity index (χ0n) is 14.1. The predicted octanol–water partition coefficient (Wildman–Crippen LogP) is 2.71. The number of rotatable bonds is 5. The van der Waals surface area contributed by atoms with Crippen LogP contribution >= 0.6 is 0 Å². The third-order valence-electron chi connectivity index (χ3n) is 3.66. The maximum atomic E-state index is 13.0. The molecule has 0 saturated carbocycles. The molecule has 144 valence electrons. The fourth-order valence-electron chi connectivity index (χ4n) is 2.39. The van der Waals surface area contributed by atoms with E-state index in [1.54, 1.807) is 0 Å². The van der Waals surface area contributed by atoms with Gasteiger partial charge in [0.05, 0.1) is 23.5 Å². The van der Waals surface area contributed by atoms with E-state index in [9.17, 15) is 22.4 Å². The molecule has 0 saturated heterocycles. The van der Waals surface area contributed by atoms with Gasteiger partial charge in [-0.15, -0.1) is 5.10 Å². The summed E-state index contributed by atoms with van der Waals surface area (Å²) in [6.45, 7) is -1.07. The van der Waals surface area contributed by atoms with Gasteiger partial charge in [-0.3, -0.25) is 4.79 Å². The quantitative estimate of drug-likeness (QED) is 0.532. The summed E-state index contributed by atoms with van der Waals surface area (Å²) in [5.74, 6) is -0.849. The molecule has 0 radical (unpaired) electrons. The van der Waals surface area contributed by atoms with Gasteiger partial charge in [0.25, 0.3) is 5.91 Å². The van der Waals surface area contributed by atoms with Crippen LogP contribution in [0.3, 0.4) is 0 Å². The SMILES string of the molecule is NC(=O)/C(=C\n1cnc(-c2cc(CF)cc(C(F)(F)F)c2)n1)c1ccnnc1. The molecule has 28 heavy (non-hydrogen) atoms. The van der Waals surface area contributed by atoms with E-state index in [0.29, 0.717) is 5.56 Å². The summed E-state index contributed by atoms with van der Waals surface area (Å²) in [6, 6.07) is 4.27. The highest BCUT2D eigenvalue weighted by Crippen LogP contribution is 2.33. The number of halogens is 4. The van der Waals surface area contributed by atoms with Gasteiger partial charge in [-0.2, -0.15) is 23.4 Å². The number of aromatic nitrogens is 5. The van der Waals surface area contributed by atoms with Gasteiger partial charge in [0.15, 0.2) is 5.82 Å². The topological polar surface area (TPSA) is 99.6 Å². The molecule has 0 unspecified atom stereocenters. The van der Waals surface area contributed by atoms with Crippen LogP contribution in [0.5, 0.6) is 0 Å².